The summed E-state index contributed by atoms with van der Waals surface area (Å²) in [6.45, 7) is 4.54. The van der Waals surface area contributed by atoms with E-state index in [2.05, 4.69) is 104 Å². The lowest BCUT2D eigenvalue weighted by Gasteiger charge is -2.30. The van der Waals surface area contributed by atoms with Gasteiger partial charge < -0.3 is 28.8 Å². The van der Waals surface area contributed by atoms with Gasteiger partial charge in [0.05, 0.1) is 39.9 Å². The van der Waals surface area contributed by atoms with Crippen LogP contribution >= 0.6 is 7.82 Å². The van der Waals surface area contributed by atoms with Gasteiger partial charge in [0.2, 0.25) is 5.91 Å². The van der Waals surface area contributed by atoms with Crippen molar-refractivity contribution in [1.29, 1.82) is 0 Å². The third-order valence-electron chi connectivity index (χ3n) is 10.4. The fourth-order valence-corrected chi connectivity index (χ4v) is 7.27. The Bertz CT molecular complexity index is 1260. The molecule has 0 spiro atoms. The number of hydrogen-bond donors (Lipinski definition) is 2. The average Bonchev–Trinajstić information content (AvgIpc) is 3.21. The first-order chi connectivity index (χ1) is 29.5. The van der Waals surface area contributed by atoms with Gasteiger partial charge in [-0.2, -0.15) is 0 Å². The Morgan fingerprint density at radius 3 is 1.46 bits per heavy atom. The van der Waals surface area contributed by atoms with Crippen molar-refractivity contribution in [3.63, 3.8) is 0 Å². The number of aliphatic hydroxyl groups is 1. The van der Waals surface area contributed by atoms with E-state index in [1.165, 1.54) is 70.6 Å². The number of phosphoric ester groups is 1. The zero-order valence-corrected chi connectivity index (χ0v) is 40.7. The van der Waals surface area contributed by atoms with Crippen molar-refractivity contribution in [1.82, 2.24) is 5.32 Å². The molecular weight excluding hydrogens is 780 g/mol. The summed E-state index contributed by atoms with van der Waals surface area (Å²) in [5.74, 6) is -0.179. The minimum atomic E-state index is -4.56. The molecule has 3 unspecified atom stereocenters. The van der Waals surface area contributed by atoms with E-state index in [0.717, 1.165) is 89.9 Å². The number of quaternary nitrogens is 1. The lowest BCUT2D eigenvalue weighted by molar-refractivity contribution is -0.870. The van der Waals surface area contributed by atoms with Gasteiger partial charge in [-0.05, 0) is 70.6 Å². The maximum absolute atomic E-state index is 12.9. The van der Waals surface area contributed by atoms with Crippen LogP contribution in [0.25, 0.3) is 0 Å². The van der Waals surface area contributed by atoms with Crippen LogP contribution in [0.3, 0.4) is 0 Å². The number of nitrogens with zero attached hydrogens (tertiary/aromatic N) is 1. The molecule has 0 aromatic rings. The van der Waals surface area contributed by atoms with Gasteiger partial charge in [-0.1, -0.05) is 195 Å². The molecule has 8 nitrogen and oxygen atoms in total. The van der Waals surface area contributed by atoms with Gasteiger partial charge in [0.25, 0.3) is 7.82 Å². The molecule has 352 valence electrons. The minimum absolute atomic E-state index is 0.00650. The maximum Gasteiger partial charge on any atom is 0.268 e. The molecule has 2 N–H and O–H groups in total. The molecule has 1 amide bonds. The van der Waals surface area contributed by atoms with E-state index in [1.807, 2.05) is 21.1 Å². The summed E-state index contributed by atoms with van der Waals surface area (Å²) in [6.07, 6.45) is 59.0. The van der Waals surface area contributed by atoms with Gasteiger partial charge in [0, 0.05) is 6.42 Å². The molecular formula is C52H93N2O6P. The smallest absolute Gasteiger partial charge is 0.268 e. The SMILES string of the molecule is CC/C=C\C/C=C\C/C=C\C/C=C\C/C=C\C/C=C\C/C=C\CCCCCCCCCCCC(=O)NC(COP(=O)([O-])OCC[N+](C)(C)C)C(O)CCCCCCCCCC. The maximum atomic E-state index is 12.9. The molecule has 0 saturated carbocycles. The number of carbonyl (C=O) groups excluding carboxylic acids is 1. The minimum Gasteiger partial charge on any atom is -0.756 e. The summed E-state index contributed by atoms with van der Waals surface area (Å²) < 4.78 is 23.2. The van der Waals surface area contributed by atoms with Crippen LogP contribution in [0, 0.1) is 0 Å². The van der Waals surface area contributed by atoms with Gasteiger partial charge in [0.15, 0.2) is 0 Å². The molecule has 0 heterocycles. The Balaban J connectivity index is 4.09. The van der Waals surface area contributed by atoms with Crippen LogP contribution in [0.4, 0.5) is 0 Å². The van der Waals surface area contributed by atoms with Crippen molar-refractivity contribution in [2.45, 2.75) is 199 Å². The lowest BCUT2D eigenvalue weighted by Crippen LogP contribution is -2.46. The summed E-state index contributed by atoms with van der Waals surface area (Å²) >= 11 is 0. The second-order valence-corrected chi connectivity index (χ2v) is 18.8. The monoisotopic (exact) mass is 873 g/mol. The molecule has 0 aliphatic rings. The fourth-order valence-electron chi connectivity index (χ4n) is 6.55. The van der Waals surface area contributed by atoms with Crippen LogP contribution in [0.1, 0.15) is 187 Å². The Morgan fingerprint density at radius 1 is 0.590 bits per heavy atom. The van der Waals surface area contributed by atoms with Gasteiger partial charge in [-0.25, -0.2) is 0 Å². The second-order valence-electron chi connectivity index (χ2n) is 17.4. The molecule has 0 radical (unpaired) electrons. The van der Waals surface area contributed by atoms with Crippen molar-refractivity contribution >= 4 is 13.7 Å². The van der Waals surface area contributed by atoms with E-state index in [0.29, 0.717) is 23.9 Å². The molecule has 0 aliphatic heterocycles. The van der Waals surface area contributed by atoms with E-state index in [-0.39, 0.29) is 19.1 Å². The van der Waals surface area contributed by atoms with Gasteiger partial charge in [-0.3, -0.25) is 9.36 Å². The number of hydrogen-bond acceptors (Lipinski definition) is 6. The number of carbonyl (C=O) groups is 1. The normalized spacial score (nSPS) is 14.9. The van der Waals surface area contributed by atoms with Crippen molar-refractivity contribution in [2.24, 2.45) is 0 Å². The number of amides is 1. The number of allylic oxidation sites excluding steroid dienone is 14. The van der Waals surface area contributed by atoms with E-state index >= 15 is 0 Å². The highest BCUT2D eigenvalue weighted by Crippen LogP contribution is 2.38. The van der Waals surface area contributed by atoms with E-state index in [1.54, 1.807) is 0 Å². The van der Waals surface area contributed by atoms with E-state index in [4.69, 9.17) is 9.05 Å². The highest BCUT2D eigenvalue weighted by atomic mass is 31.2. The molecule has 61 heavy (non-hydrogen) atoms. The molecule has 0 fully saturated rings. The molecule has 0 bridgehead atoms. The first kappa shape index (κ1) is 58.7. The summed E-state index contributed by atoms with van der Waals surface area (Å²) in [5.41, 5.74) is 0. The molecule has 0 aliphatic carbocycles. The predicted molar refractivity (Wildman–Crippen MR) is 260 cm³/mol. The largest absolute Gasteiger partial charge is 0.756 e. The van der Waals surface area contributed by atoms with Crippen LogP contribution in [0.5, 0.6) is 0 Å². The Morgan fingerprint density at radius 2 is 1.00 bits per heavy atom. The van der Waals surface area contributed by atoms with Gasteiger partial charge >= 0.3 is 0 Å². The van der Waals surface area contributed by atoms with Crippen LogP contribution in [0.15, 0.2) is 85.1 Å². The summed E-state index contributed by atoms with van der Waals surface area (Å²) in [5, 5.41) is 13.8. The predicted octanol–water partition coefficient (Wildman–Crippen LogP) is 13.5. The van der Waals surface area contributed by atoms with Crippen LogP contribution < -0.4 is 10.2 Å². The van der Waals surface area contributed by atoms with Crippen LogP contribution in [-0.2, 0) is 18.4 Å². The van der Waals surface area contributed by atoms with E-state index < -0.39 is 20.0 Å². The third-order valence-corrected chi connectivity index (χ3v) is 11.4. The summed E-state index contributed by atoms with van der Waals surface area (Å²) in [6, 6.07) is -0.806. The molecule has 0 aromatic carbocycles. The number of phosphoric acid groups is 1. The van der Waals surface area contributed by atoms with Gasteiger partial charge in [0.1, 0.15) is 13.2 Å². The first-order valence-corrected chi connectivity index (χ1v) is 25.9. The number of likely N-dealkylation sites (N-methyl/N-ethyl adjacent to an activating group) is 1. The van der Waals surface area contributed by atoms with Crippen molar-refractivity contribution in [3.8, 4) is 0 Å². The quantitative estimate of drug-likeness (QED) is 0.0273. The highest BCUT2D eigenvalue weighted by molar-refractivity contribution is 7.45. The lowest BCUT2D eigenvalue weighted by atomic mass is 10.0. The Kier molecular flexibility index (Phi) is 41.3. The van der Waals surface area contributed by atoms with Crippen LogP contribution in [0.2, 0.25) is 0 Å². The number of aliphatic hydroxyl groups excluding tert-OH is 1. The second kappa shape index (κ2) is 43.0. The first-order valence-electron chi connectivity index (χ1n) is 24.4. The zero-order chi connectivity index (χ0) is 45.0. The van der Waals surface area contributed by atoms with Crippen molar-refractivity contribution < 1.29 is 32.9 Å². The van der Waals surface area contributed by atoms with Crippen molar-refractivity contribution in [3.05, 3.63) is 85.1 Å². The average molecular weight is 873 g/mol. The summed E-state index contributed by atoms with van der Waals surface area (Å²) in [4.78, 5) is 25.3. The zero-order valence-electron chi connectivity index (χ0n) is 39.8. The van der Waals surface area contributed by atoms with Crippen molar-refractivity contribution in [2.75, 3.05) is 40.9 Å². The Labute approximate surface area is 376 Å². The van der Waals surface area contributed by atoms with Crippen LogP contribution in [-0.4, -0.2) is 68.5 Å². The molecule has 0 aromatic heterocycles. The van der Waals surface area contributed by atoms with Gasteiger partial charge in [-0.15, -0.1) is 0 Å². The third kappa shape index (κ3) is 45.5. The highest BCUT2D eigenvalue weighted by Gasteiger charge is 2.24. The summed E-state index contributed by atoms with van der Waals surface area (Å²) in [7, 11) is 1.28. The molecule has 0 rings (SSSR count). The number of nitrogens with one attached hydrogen (secondary N) is 1. The number of rotatable bonds is 43. The molecule has 3 atom stereocenters. The van der Waals surface area contributed by atoms with E-state index in [9.17, 15) is 19.4 Å². The molecule has 9 heteroatoms. The standard InChI is InChI=1S/C52H93N2O6P/c1-6-8-10-12-14-16-17-18-19-20-21-22-23-24-25-26-27-28-29-30-31-32-33-34-35-36-37-38-40-42-44-46-52(56)53-50(49-60-61(57,58)59-48-47-54(3,4)5)51(55)45-43-41-39-15-13-11-9-7-2/h8,10,14,16,18-19,21-22,24-25,27-28,30-31,50-51,55H,6-7,9,11-13,15,17,20,23,26,29,32-49H2,1-5H3,(H-,53,56,57,58)/b10-8-,16-14-,19-18-,22-21-,25-24-,28-27-,31-30-. The topological polar surface area (TPSA) is 108 Å². The Hall–Kier alpha value is -2.32. The molecule has 0 saturated heterocycles. The number of unbranched alkanes of at least 4 members (excludes halogenated alkanes) is 16. The fraction of sp³-hybridized carbons (Fsp3) is 0.712.